The number of carbonyl (C=O) groups excluding carboxylic acids is 1. The molecule has 0 spiro atoms. The molecular weight excluding hydrogens is 166 g/mol. The van der Waals surface area contributed by atoms with Crippen LogP contribution in [0.3, 0.4) is 0 Å². The van der Waals surface area contributed by atoms with Gasteiger partial charge in [-0.15, -0.1) is 0 Å². The predicted molar refractivity (Wildman–Crippen MR) is 51.5 cm³/mol. The summed E-state index contributed by atoms with van der Waals surface area (Å²) in [5.74, 6) is -0.0458. The van der Waals surface area contributed by atoms with E-state index in [1.165, 1.54) is 12.8 Å². The first kappa shape index (κ1) is 10.5. The Morgan fingerprint density at radius 1 is 1.62 bits per heavy atom. The Labute approximate surface area is 79.8 Å². The lowest BCUT2D eigenvalue weighted by Gasteiger charge is -2.08. The first-order valence-electron chi connectivity index (χ1n) is 5.22. The average molecular weight is 185 g/mol. The molecule has 13 heavy (non-hydrogen) atoms. The van der Waals surface area contributed by atoms with Gasteiger partial charge in [-0.3, -0.25) is 4.79 Å². The van der Waals surface area contributed by atoms with Crippen LogP contribution in [0, 0.1) is 0 Å². The Hall–Kier alpha value is -0.570. The van der Waals surface area contributed by atoms with E-state index in [1.807, 2.05) is 6.92 Å². The molecule has 76 valence electrons. The molecule has 1 heterocycles. The van der Waals surface area contributed by atoms with Gasteiger partial charge in [0, 0.05) is 12.5 Å². The summed E-state index contributed by atoms with van der Waals surface area (Å²) in [7, 11) is 0. The molecule has 1 saturated heterocycles. The van der Waals surface area contributed by atoms with Gasteiger partial charge in [-0.1, -0.05) is 6.92 Å². The Morgan fingerprint density at radius 2 is 2.46 bits per heavy atom. The second-order valence-electron chi connectivity index (χ2n) is 3.55. The van der Waals surface area contributed by atoms with Crippen LogP contribution in [-0.2, 0) is 9.53 Å². The first-order chi connectivity index (χ1) is 6.33. The molecule has 0 saturated carbocycles. The molecule has 1 unspecified atom stereocenters. The zero-order valence-corrected chi connectivity index (χ0v) is 8.34. The number of esters is 1. The lowest BCUT2D eigenvalue weighted by molar-refractivity contribution is -0.143. The van der Waals surface area contributed by atoms with E-state index >= 15 is 0 Å². The fraction of sp³-hybridized carbons (Fsp3) is 0.900. The number of ether oxygens (including phenoxy) is 1. The van der Waals surface area contributed by atoms with E-state index in [9.17, 15) is 4.79 Å². The molecule has 0 aromatic heterocycles. The molecule has 1 N–H and O–H groups in total. The van der Waals surface area contributed by atoms with Crippen molar-refractivity contribution in [3.05, 3.63) is 0 Å². The van der Waals surface area contributed by atoms with E-state index in [2.05, 4.69) is 5.32 Å². The topological polar surface area (TPSA) is 38.3 Å². The minimum atomic E-state index is -0.0458. The van der Waals surface area contributed by atoms with E-state index in [1.54, 1.807) is 0 Å². The third kappa shape index (κ3) is 4.27. The number of hydrogen-bond acceptors (Lipinski definition) is 3. The largest absolute Gasteiger partial charge is 0.466 e. The van der Waals surface area contributed by atoms with Crippen LogP contribution in [0.2, 0.25) is 0 Å². The van der Waals surface area contributed by atoms with Crippen molar-refractivity contribution in [1.82, 2.24) is 5.32 Å². The summed E-state index contributed by atoms with van der Waals surface area (Å²) < 4.78 is 4.98. The second-order valence-corrected chi connectivity index (χ2v) is 3.55. The van der Waals surface area contributed by atoms with E-state index < -0.39 is 0 Å². The van der Waals surface area contributed by atoms with Gasteiger partial charge in [0.05, 0.1) is 6.61 Å². The highest BCUT2D eigenvalue weighted by Gasteiger charge is 2.15. The number of carbonyl (C=O) groups is 1. The molecule has 0 radical (unpaired) electrons. The van der Waals surface area contributed by atoms with Gasteiger partial charge >= 0.3 is 5.97 Å². The summed E-state index contributed by atoms with van der Waals surface area (Å²) in [6.07, 6.45) is 4.86. The molecule has 3 nitrogen and oxygen atoms in total. The zero-order valence-electron chi connectivity index (χ0n) is 8.34. The monoisotopic (exact) mass is 185 g/mol. The van der Waals surface area contributed by atoms with Crippen LogP contribution in [0.1, 0.15) is 39.0 Å². The Bertz CT molecular complexity index is 153. The summed E-state index contributed by atoms with van der Waals surface area (Å²) in [5, 5.41) is 3.36. The third-order valence-corrected chi connectivity index (χ3v) is 2.33. The molecule has 1 atom stereocenters. The Balaban J connectivity index is 2.00. The number of hydrogen-bond donors (Lipinski definition) is 1. The van der Waals surface area contributed by atoms with E-state index in [0.717, 1.165) is 19.4 Å². The molecule has 1 aliphatic heterocycles. The van der Waals surface area contributed by atoms with Gasteiger partial charge in [0.2, 0.25) is 0 Å². The van der Waals surface area contributed by atoms with E-state index in [-0.39, 0.29) is 5.97 Å². The molecule has 0 aromatic carbocycles. The first-order valence-corrected chi connectivity index (χ1v) is 5.22. The minimum Gasteiger partial charge on any atom is -0.466 e. The van der Waals surface area contributed by atoms with Crippen molar-refractivity contribution < 1.29 is 9.53 Å². The van der Waals surface area contributed by atoms with Crippen LogP contribution in [0.15, 0.2) is 0 Å². The zero-order chi connectivity index (χ0) is 9.52. The van der Waals surface area contributed by atoms with Gasteiger partial charge in [0.15, 0.2) is 0 Å². The fourth-order valence-electron chi connectivity index (χ4n) is 1.58. The maximum Gasteiger partial charge on any atom is 0.305 e. The molecule has 1 fully saturated rings. The van der Waals surface area contributed by atoms with Crippen LogP contribution >= 0.6 is 0 Å². The molecule has 3 heteroatoms. The lowest BCUT2D eigenvalue weighted by atomic mass is 10.1. The standard InChI is InChI=1S/C10H19NO2/c1-2-8-13-10(12)6-5-9-4-3-7-11-9/h9,11H,2-8H2,1H3. The summed E-state index contributed by atoms with van der Waals surface area (Å²) in [5.41, 5.74) is 0. The van der Waals surface area contributed by atoms with Crippen molar-refractivity contribution in [2.75, 3.05) is 13.2 Å². The SMILES string of the molecule is CCCOC(=O)CCC1CCCN1. The van der Waals surface area contributed by atoms with Gasteiger partial charge in [0.1, 0.15) is 0 Å². The van der Waals surface area contributed by atoms with Crippen LogP contribution in [0.5, 0.6) is 0 Å². The summed E-state index contributed by atoms with van der Waals surface area (Å²) >= 11 is 0. The van der Waals surface area contributed by atoms with Crippen molar-refractivity contribution in [2.45, 2.75) is 45.1 Å². The maximum atomic E-state index is 11.1. The van der Waals surface area contributed by atoms with Crippen LogP contribution in [0.25, 0.3) is 0 Å². The highest BCUT2D eigenvalue weighted by atomic mass is 16.5. The van der Waals surface area contributed by atoms with Gasteiger partial charge in [0.25, 0.3) is 0 Å². The van der Waals surface area contributed by atoms with Crippen LogP contribution in [-0.4, -0.2) is 25.2 Å². The van der Waals surface area contributed by atoms with E-state index in [0.29, 0.717) is 19.1 Å². The highest BCUT2D eigenvalue weighted by Crippen LogP contribution is 2.10. The van der Waals surface area contributed by atoms with Crippen LogP contribution in [0.4, 0.5) is 0 Å². The van der Waals surface area contributed by atoms with Crippen molar-refractivity contribution in [3.8, 4) is 0 Å². The van der Waals surface area contributed by atoms with Crippen LogP contribution < -0.4 is 5.32 Å². The molecule has 1 aliphatic rings. The summed E-state index contributed by atoms with van der Waals surface area (Å²) in [6.45, 7) is 3.68. The molecule has 0 aliphatic carbocycles. The lowest BCUT2D eigenvalue weighted by Crippen LogP contribution is -2.22. The number of rotatable bonds is 5. The molecule has 0 aromatic rings. The van der Waals surface area contributed by atoms with Gasteiger partial charge in [-0.25, -0.2) is 0 Å². The van der Waals surface area contributed by atoms with Gasteiger partial charge < -0.3 is 10.1 Å². The predicted octanol–water partition coefficient (Wildman–Crippen LogP) is 1.47. The quantitative estimate of drug-likeness (QED) is 0.659. The normalized spacial score (nSPS) is 21.8. The van der Waals surface area contributed by atoms with Gasteiger partial charge in [-0.05, 0) is 32.2 Å². The fourth-order valence-corrected chi connectivity index (χ4v) is 1.58. The molecule has 0 amide bonds. The molecule has 0 bridgehead atoms. The third-order valence-electron chi connectivity index (χ3n) is 2.33. The maximum absolute atomic E-state index is 11.1. The van der Waals surface area contributed by atoms with Crippen molar-refractivity contribution in [1.29, 1.82) is 0 Å². The smallest absolute Gasteiger partial charge is 0.305 e. The Kier molecular flexibility index (Phi) is 4.83. The molecule has 1 rings (SSSR count). The van der Waals surface area contributed by atoms with Crippen molar-refractivity contribution in [2.24, 2.45) is 0 Å². The minimum absolute atomic E-state index is 0.0458. The highest BCUT2D eigenvalue weighted by molar-refractivity contribution is 5.69. The Morgan fingerprint density at radius 3 is 3.08 bits per heavy atom. The van der Waals surface area contributed by atoms with Crippen molar-refractivity contribution in [3.63, 3.8) is 0 Å². The second kappa shape index (κ2) is 5.97. The van der Waals surface area contributed by atoms with Crippen molar-refractivity contribution >= 4 is 5.97 Å². The number of nitrogens with one attached hydrogen (secondary N) is 1. The average Bonchev–Trinajstić information content (AvgIpc) is 2.64. The van der Waals surface area contributed by atoms with E-state index in [4.69, 9.17) is 4.74 Å². The molecular formula is C10H19NO2. The summed E-state index contributed by atoms with van der Waals surface area (Å²) in [4.78, 5) is 11.1. The summed E-state index contributed by atoms with van der Waals surface area (Å²) in [6, 6.07) is 0.550. The van der Waals surface area contributed by atoms with Gasteiger partial charge in [-0.2, -0.15) is 0 Å².